The zero-order valence-electron chi connectivity index (χ0n) is 22.3. The molecule has 0 unspecified atom stereocenters. The van der Waals surface area contributed by atoms with Crippen LogP contribution in [-0.4, -0.2) is 56.0 Å². The number of anilines is 1. The molecule has 1 aromatic heterocycles. The standard InChI is InChI=1S/C29H32BrN3O4S/c1-6-32-27-8-7-24(38(35,36)31-9-11-37-12-10-31)17-25(27)26(29(32)34)16-22-15-20(4)33(21(22)5)23-13-18(2)28(30)19(3)14-23/h7-8,13-17H,6,9-12H2,1-5H3/b26-16-. The molecule has 7 nitrogen and oxygen atoms in total. The number of benzene rings is 2. The molecule has 0 aliphatic carbocycles. The second-order valence-electron chi connectivity index (χ2n) is 9.86. The van der Waals surface area contributed by atoms with Crippen molar-refractivity contribution in [2.45, 2.75) is 39.5 Å². The summed E-state index contributed by atoms with van der Waals surface area (Å²) in [5.74, 6) is -0.122. The van der Waals surface area contributed by atoms with Crippen LogP contribution in [0.1, 0.15) is 40.6 Å². The SMILES string of the molecule is CCN1C(=O)/C(=C\c2cc(C)n(-c3cc(C)c(Br)c(C)c3)c2C)c2cc(S(=O)(=O)N3CCOCC3)ccc21. The molecule has 9 heteroatoms. The van der Waals surface area contributed by atoms with Crippen molar-refractivity contribution in [3.63, 3.8) is 0 Å². The highest BCUT2D eigenvalue weighted by molar-refractivity contribution is 9.10. The van der Waals surface area contributed by atoms with Gasteiger partial charge in [-0.25, -0.2) is 8.42 Å². The van der Waals surface area contributed by atoms with Crippen LogP contribution >= 0.6 is 15.9 Å². The number of likely N-dealkylation sites (N-methyl/N-ethyl adjacent to an activating group) is 1. The largest absolute Gasteiger partial charge is 0.379 e. The maximum absolute atomic E-state index is 13.5. The van der Waals surface area contributed by atoms with Crippen LogP contribution in [-0.2, 0) is 19.6 Å². The summed E-state index contributed by atoms with van der Waals surface area (Å²) in [6, 6.07) is 11.4. The number of fused-ring (bicyclic) bond motifs is 1. The molecule has 200 valence electrons. The molecule has 1 amide bonds. The highest BCUT2D eigenvalue weighted by Crippen LogP contribution is 2.40. The first-order chi connectivity index (χ1) is 18.0. The fraction of sp³-hybridized carbons (Fsp3) is 0.345. The van der Waals surface area contributed by atoms with Crippen LogP contribution in [0.25, 0.3) is 17.3 Å². The van der Waals surface area contributed by atoms with Crippen molar-refractivity contribution in [1.29, 1.82) is 0 Å². The number of morpholine rings is 1. The molecule has 0 atom stereocenters. The molecule has 2 aromatic carbocycles. The summed E-state index contributed by atoms with van der Waals surface area (Å²) in [6.45, 7) is 12.1. The second kappa shape index (κ2) is 10.1. The van der Waals surface area contributed by atoms with Crippen LogP contribution < -0.4 is 4.90 Å². The van der Waals surface area contributed by atoms with Gasteiger partial charge in [0.25, 0.3) is 5.91 Å². The van der Waals surface area contributed by atoms with Gasteiger partial charge in [-0.2, -0.15) is 4.31 Å². The molecule has 0 radical (unpaired) electrons. The van der Waals surface area contributed by atoms with E-state index >= 15 is 0 Å². The van der Waals surface area contributed by atoms with Gasteiger partial charge in [-0.3, -0.25) is 4.79 Å². The Bertz CT molecular complexity index is 1560. The molecule has 2 aliphatic heterocycles. The third-order valence-corrected chi connectivity index (χ3v) is 10.5. The monoisotopic (exact) mass is 597 g/mol. The van der Waals surface area contributed by atoms with Gasteiger partial charge in [-0.15, -0.1) is 0 Å². The van der Waals surface area contributed by atoms with Gasteiger partial charge < -0.3 is 14.2 Å². The molecule has 0 spiro atoms. The number of carbonyl (C=O) groups excluding carboxylic acids is 1. The van der Waals surface area contributed by atoms with Crippen molar-refractivity contribution >= 4 is 49.2 Å². The first-order valence-corrected chi connectivity index (χ1v) is 15.0. The molecule has 0 bridgehead atoms. The highest BCUT2D eigenvalue weighted by Gasteiger charge is 2.34. The van der Waals surface area contributed by atoms with Crippen LogP contribution in [0.5, 0.6) is 0 Å². The summed E-state index contributed by atoms with van der Waals surface area (Å²) in [5, 5.41) is 0. The second-order valence-corrected chi connectivity index (χ2v) is 12.6. The normalized spacial score (nSPS) is 17.5. The molecule has 1 fully saturated rings. The van der Waals surface area contributed by atoms with E-state index in [1.807, 2.05) is 19.9 Å². The number of hydrogen-bond acceptors (Lipinski definition) is 4. The van der Waals surface area contributed by atoms with Gasteiger partial charge in [0.05, 0.1) is 23.8 Å². The zero-order chi connectivity index (χ0) is 27.4. The Morgan fingerprint density at radius 1 is 1.00 bits per heavy atom. The predicted molar refractivity (Wildman–Crippen MR) is 154 cm³/mol. The van der Waals surface area contributed by atoms with E-state index in [2.05, 4.69) is 59.5 Å². The average molecular weight is 599 g/mol. The number of nitrogens with zero attached hydrogens (tertiary/aromatic N) is 3. The number of halogens is 1. The first-order valence-electron chi connectivity index (χ1n) is 12.8. The topological polar surface area (TPSA) is 71.9 Å². The van der Waals surface area contributed by atoms with E-state index in [-0.39, 0.29) is 10.8 Å². The van der Waals surface area contributed by atoms with E-state index in [9.17, 15) is 13.2 Å². The van der Waals surface area contributed by atoms with Gasteiger partial charge >= 0.3 is 0 Å². The molecule has 2 aliphatic rings. The smallest absolute Gasteiger partial charge is 0.258 e. The Balaban J connectivity index is 1.61. The Kier molecular flexibility index (Phi) is 7.15. The number of carbonyl (C=O) groups is 1. The lowest BCUT2D eigenvalue weighted by Gasteiger charge is -2.26. The van der Waals surface area contributed by atoms with E-state index in [4.69, 9.17) is 4.74 Å². The minimum Gasteiger partial charge on any atom is -0.379 e. The Labute approximate surface area is 232 Å². The van der Waals surface area contributed by atoms with Crippen molar-refractivity contribution in [3.05, 3.63) is 74.5 Å². The van der Waals surface area contributed by atoms with Crippen molar-refractivity contribution in [2.75, 3.05) is 37.7 Å². The molecule has 3 aromatic rings. The number of rotatable bonds is 5. The van der Waals surface area contributed by atoms with Crippen LogP contribution in [0, 0.1) is 27.7 Å². The lowest BCUT2D eigenvalue weighted by molar-refractivity contribution is -0.112. The molecule has 38 heavy (non-hydrogen) atoms. The summed E-state index contributed by atoms with van der Waals surface area (Å²) < 4.78 is 36.8. The fourth-order valence-electron chi connectivity index (χ4n) is 5.42. The average Bonchev–Trinajstić information content (AvgIpc) is 3.33. The van der Waals surface area contributed by atoms with E-state index < -0.39 is 10.0 Å². The van der Waals surface area contributed by atoms with Crippen molar-refractivity contribution in [2.24, 2.45) is 0 Å². The summed E-state index contributed by atoms with van der Waals surface area (Å²) in [4.78, 5) is 15.4. The van der Waals surface area contributed by atoms with Gasteiger partial charge in [-0.05, 0) is 93.8 Å². The van der Waals surface area contributed by atoms with Gasteiger partial charge in [0.2, 0.25) is 10.0 Å². The molecule has 1 saturated heterocycles. The van der Waals surface area contributed by atoms with Crippen LogP contribution in [0.4, 0.5) is 5.69 Å². The molecular weight excluding hydrogens is 566 g/mol. The summed E-state index contributed by atoms with van der Waals surface area (Å²) in [5.41, 5.74) is 8.24. The Morgan fingerprint density at radius 2 is 1.66 bits per heavy atom. The highest BCUT2D eigenvalue weighted by atomic mass is 79.9. The first kappa shape index (κ1) is 26.9. The zero-order valence-corrected chi connectivity index (χ0v) is 24.7. The lowest BCUT2D eigenvalue weighted by atomic mass is 10.0. The van der Waals surface area contributed by atoms with Crippen LogP contribution in [0.15, 0.2) is 45.8 Å². The van der Waals surface area contributed by atoms with Gasteiger partial charge in [0.15, 0.2) is 0 Å². The van der Waals surface area contributed by atoms with E-state index in [0.29, 0.717) is 44.0 Å². The van der Waals surface area contributed by atoms with Gasteiger partial charge in [0, 0.05) is 52.3 Å². The van der Waals surface area contributed by atoms with E-state index in [1.54, 1.807) is 23.1 Å². The number of aryl methyl sites for hydroxylation is 3. The van der Waals surface area contributed by atoms with E-state index in [1.165, 1.54) is 4.31 Å². The summed E-state index contributed by atoms with van der Waals surface area (Å²) >= 11 is 3.65. The van der Waals surface area contributed by atoms with Gasteiger partial charge in [-0.1, -0.05) is 15.9 Å². The Morgan fingerprint density at radius 3 is 2.29 bits per heavy atom. The number of hydrogen-bond donors (Lipinski definition) is 0. The lowest BCUT2D eigenvalue weighted by Crippen LogP contribution is -2.40. The third-order valence-electron chi connectivity index (χ3n) is 7.40. The molecule has 3 heterocycles. The molecule has 5 rings (SSSR count). The minimum absolute atomic E-state index is 0.122. The molecule has 0 N–H and O–H groups in total. The number of aromatic nitrogens is 1. The van der Waals surface area contributed by atoms with Crippen molar-refractivity contribution < 1.29 is 17.9 Å². The number of amides is 1. The summed E-state index contributed by atoms with van der Waals surface area (Å²) in [7, 11) is -3.69. The maximum atomic E-state index is 13.5. The Hall–Kier alpha value is -2.72. The predicted octanol–water partition coefficient (Wildman–Crippen LogP) is 5.40. The molecular formula is C29H32BrN3O4S. The molecule has 0 saturated carbocycles. The van der Waals surface area contributed by atoms with Crippen molar-refractivity contribution in [3.8, 4) is 5.69 Å². The summed E-state index contributed by atoms with van der Waals surface area (Å²) in [6.07, 6.45) is 1.90. The fourth-order valence-corrected chi connectivity index (χ4v) is 7.09. The van der Waals surface area contributed by atoms with E-state index in [0.717, 1.165) is 43.9 Å². The van der Waals surface area contributed by atoms with Crippen LogP contribution in [0.3, 0.4) is 0 Å². The van der Waals surface area contributed by atoms with Crippen LogP contribution in [0.2, 0.25) is 0 Å². The number of sulfonamides is 1. The maximum Gasteiger partial charge on any atom is 0.258 e. The third kappa shape index (κ3) is 4.45. The van der Waals surface area contributed by atoms with Gasteiger partial charge in [0.1, 0.15) is 0 Å². The van der Waals surface area contributed by atoms with Crippen molar-refractivity contribution in [1.82, 2.24) is 8.87 Å². The number of ether oxygens (including phenoxy) is 1. The quantitative estimate of drug-likeness (QED) is 0.369. The minimum atomic E-state index is -3.69.